The molecule has 0 aliphatic heterocycles. The second kappa shape index (κ2) is 14.5. The molecule has 6 heteroatoms. The van der Waals surface area contributed by atoms with Crippen molar-refractivity contribution in [3.05, 3.63) is 16.5 Å². The van der Waals surface area contributed by atoms with Gasteiger partial charge in [-0.2, -0.15) is 0 Å². The van der Waals surface area contributed by atoms with Gasteiger partial charge in [0.15, 0.2) is 0 Å². The summed E-state index contributed by atoms with van der Waals surface area (Å²) in [6, 6.07) is 1.68. The summed E-state index contributed by atoms with van der Waals surface area (Å²) in [5, 5.41) is 12.3. The van der Waals surface area contributed by atoms with Crippen molar-refractivity contribution in [1.82, 2.24) is 0 Å². The second-order valence-electron chi connectivity index (χ2n) is 6.95. The Morgan fingerprint density at radius 3 is 2.19 bits per heavy atom. The standard InChI is InChI=1S/C21H35NO4S/c1-3-5-7-9-11-13-15-26-21(25)22-19-18(20(23)24)16-17(27-19)14-12-10-8-6-4-2/h16H,3-15H2,1-2H3,(H,22,25)(H,23,24). The number of rotatable bonds is 15. The molecule has 2 N–H and O–H groups in total. The van der Waals surface area contributed by atoms with Crippen molar-refractivity contribution >= 4 is 28.4 Å². The van der Waals surface area contributed by atoms with Crippen LogP contribution in [-0.4, -0.2) is 23.8 Å². The molecule has 154 valence electrons. The lowest BCUT2D eigenvalue weighted by atomic mass is 10.1. The molecule has 1 aromatic rings. The van der Waals surface area contributed by atoms with Gasteiger partial charge in [0.2, 0.25) is 0 Å². The average molecular weight is 398 g/mol. The van der Waals surface area contributed by atoms with E-state index in [1.54, 1.807) is 6.07 Å². The van der Waals surface area contributed by atoms with E-state index in [1.807, 2.05) is 0 Å². The molecule has 0 unspecified atom stereocenters. The van der Waals surface area contributed by atoms with E-state index in [9.17, 15) is 14.7 Å². The quantitative estimate of drug-likeness (QED) is 0.317. The predicted octanol–water partition coefficient (Wildman–Crippen LogP) is 6.87. The summed E-state index contributed by atoms with van der Waals surface area (Å²) in [5.41, 5.74) is 0.153. The highest BCUT2D eigenvalue weighted by molar-refractivity contribution is 7.16. The van der Waals surface area contributed by atoms with Crippen LogP contribution in [0.2, 0.25) is 0 Å². The van der Waals surface area contributed by atoms with E-state index in [4.69, 9.17) is 4.74 Å². The average Bonchev–Trinajstić information content (AvgIpc) is 3.03. The lowest BCUT2D eigenvalue weighted by Crippen LogP contribution is -2.15. The first-order valence-corrected chi connectivity index (χ1v) is 11.2. The smallest absolute Gasteiger partial charge is 0.412 e. The first-order valence-electron chi connectivity index (χ1n) is 10.4. The summed E-state index contributed by atoms with van der Waals surface area (Å²) >= 11 is 1.34. The van der Waals surface area contributed by atoms with Crippen LogP contribution in [0.25, 0.3) is 0 Å². The van der Waals surface area contributed by atoms with E-state index in [1.165, 1.54) is 49.9 Å². The van der Waals surface area contributed by atoms with E-state index in [0.29, 0.717) is 11.6 Å². The van der Waals surface area contributed by atoms with Crippen molar-refractivity contribution in [2.24, 2.45) is 0 Å². The molecule has 0 fully saturated rings. The van der Waals surface area contributed by atoms with Crippen LogP contribution in [0.15, 0.2) is 6.07 Å². The van der Waals surface area contributed by atoms with Crippen LogP contribution >= 0.6 is 11.3 Å². The molecule has 0 aromatic carbocycles. The minimum absolute atomic E-state index is 0.153. The molecular formula is C21H35NO4S. The number of carbonyl (C=O) groups is 2. The third-order valence-electron chi connectivity index (χ3n) is 4.49. The zero-order valence-electron chi connectivity index (χ0n) is 16.8. The molecule has 0 saturated heterocycles. The number of hydrogen-bond acceptors (Lipinski definition) is 4. The Labute approximate surface area is 167 Å². The number of unbranched alkanes of at least 4 members (excludes halogenated alkanes) is 9. The fraction of sp³-hybridized carbons (Fsp3) is 0.714. The van der Waals surface area contributed by atoms with Gasteiger partial charge in [0.25, 0.3) is 0 Å². The summed E-state index contributed by atoms with van der Waals surface area (Å²) < 4.78 is 5.19. The lowest BCUT2D eigenvalue weighted by molar-refractivity contribution is 0.0698. The summed E-state index contributed by atoms with van der Waals surface area (Å²) in [5.74, 6) is -1.02. The fourth-order valence-corrected chi connectivity index (χ4v) is 3.97. The van der Waals surface area contributed by atoms with Gasteiger partial charge in [-0.15, -0.1) is 11.3 Å². The summed E-state index contributed by atoms with van der Waals surface area (Å²) in [4.78, 5) is 24.4. The Bertz CT molecular complexity index is 556. The van der Waals surface area contributed by atoms with Crippen LogP contribution in [0.5, 0.6) is 0 Å². The predicted molar refractivity (Wildman–Crippen MR) is 112 cm³/mol. The zero-order chi connectivity index (χ0) is 19.9. The van der Waals surface area contributed by atoms with E-state index in [0.717, 1.165) is 43.4 Å². The van der Waals surface area contributed by atoms with E-state index < -0.39 is 12.1 Å². The first kappa shape index (κ1) is 23.5. The van der Waals surface area contributed by atoms with Crippen molar-refractivity contribution in [2.45, 2.75) is 90.9 Å². The van der Waals surface area contributed by atoms with Crippen molar-refractivity contribution in [2.75, 3.05) is 11.9 Å². The molecule has 1 heterocycles. The molecule has 5 nitrogen and oxygen atoms in total. The number of amides is 1. The van der Waals surface area contributed by atoms with Gasteiger partial charge in [0.05, 0.1) is 12.2 Å². The molecule has 0 bridgehead atoms. The highest BCUT2D eigenvalue weighted by Crippen LogP contribution is 2.29. The molecule has 1 amide bonds. The number of anilines is 1. The van der Waals surface area contributed by atoms with Crippen LogP contribution in [0.3, 0.4) is 0 Å². The number of hydrogen-bond donors (Lipinski definition) is 2. The van der Waals surface area contributed by atoms with Crippen molar-refractivity contribution in [1.29, 1.82) is 0 Å². The van der Waals surface area contributed by atoms with Gasteiger partial charge in [-0.25, -0.2) is 9.59 Å². The SMILES string of the molecule is CCCCCCCCOC(=O)Nc1sc(CCCCCCC)cc1C(=O)O. The molecular weight excluding hydrogens is 362 g/mol. The van der Waals surface area contributed by atoms with Gasteiger partial charge >= 0.3 is 12.1 Å². The number of ether oxygens (including phenoxy) is 1. The monoisotopic (exact) mass is 397 g/mol. The van der Waals surface area contributed by atoms with Crippen LogP contribution < -0.4 is 5.32 Å². The van der Waals surface area contributed by atoms with Crippen LogP contribution in [0.4, 0.5) is 9.80 Å². The molecule has 0 aliphatic rings. The highest BCUT2D eigenvalue weighted by Gasteiger charge is 2.17. The zero-order valence-corrected chi connectivity index (χ0v) is 17.7. The number of carboxylic acids is 1. The first-order chi connectivity index (χ1) is 13.1. The van der Waals surface area contributed by atoms with Crippen LogP contribution in [0, 0.1) is 0 Å². The number of aromatic carboxylic acids is 1. The second-order valence-corrected chi connectivity index (χ2v) is 8.09. The van der Waals surface area contributed by atoms with Gasteiger partial charge in [-0.1, -0.05) is 71.6 Å². The largest absolute Gasteiger partial charge is 0.478 e. The topological polar surface area (TPSA) is 75.6 Å². The third kappa shape index (κ3) is 10.4. The maximum Gasteiger partial charge on any atom is 0.412 e. The van der Waals surface area contributed by atoms with Crippen molar-refractivity contribution in [3.63, 3.8) is 0 Å². The maximum absolute atomic E-state index is 11.9. The van der Waals surface area contributed by atoms with Gasteiger partial charge in [0.1, 0.15) is 5.00 Å². The van der Waals surface area contributed by atoms with E-state index in [2.05, 4.69) is 19.2 Å². The molecule has 1 aromatic heterocycles. The van der Waals surface area contributed by atoms with Crippen LogP contribution in [-0.2, 0) is 11.2 Å². The number of carboxylic acid groups (broad SMARTS) is 1. The molecule has 27 heavy (non-hydrogen) atoms. The van der Waals surface area contributed by atoms with Gasteiger partial charge in [0, 0.05) is 4.88 Å². The molecule has 0 saturated carbocycles. The van der Waals surface area contributed by atoms with E-state index in [-0.39, 0.29) is 5.56 Å². The Kier molecular flexibility index (Phi) is 12.6. The summed E-state index contributed by atoms with van der Waals surface area (Å²) in [6.45, 7) is 4.74. The third-order valence-corrected chi connectivity index (χ3v) is 5.60. The minimum atomic E-state index is -1.02. The molecule has 0 aliphatic carbocycles. The summed E-state index contributed by atoms with van der Waals surface area (Å²) in [7, 11) is 0. The van der Waals surface area contributed by atoms with Gasteiger partial charge in [-0.3, -0.25) is 5.32 Å². The Morgan fingerprint density at radius 2 is 1.56 bits per heavy atom. The number of carbonyl (C=O) groups excluding carboxylic acids is 1. The van der Waals surface area contributed by atoms with Crippen molar-refractivity contribution < 1.29 is 19.4 Å². The number of aryl methyl sites for hydroxylation is 1. The Hall–Kier alpha value is -1.56. The summed E-state index contributed by atoms with van der Waals surface area (Å²) in [6.07, 6.45) is 12.9. The number of nitrogens with one attached hydrogen (secondary N) is 1. The number of thiophene rings is 1. The Morgan fingerprint density at radius 1 is 0.963 bits per heavy atom. The molecule has 1 rings (SSSR count). The van der Waals surface area contributed by atoms with Gasteiger partial charge < -0.3 is 9.84 Å². The molecule has 0 radical (unpaired) electrons. The molecule has 0 spiro atoms. The Balaban J connectivity index is 2.38. The van der Waals surface area contributed by atoms with E-state index >= 15 is 0 Å². The highest BCUT2D eigenvalue weighted by atomic mass is 32.1. The van der Waals surface area contributed by atoms with Gasteiger partial charge in [-0.05, 0) is 25.3 Å². The maximum atomic E-state index is 11.9. The molecule has 0 atom stereocenters. The lowest BCUT2D eigenvalue weighted by Gasteiger charge is -2.06. The van der Waals surface area contributed by atoms with Crippen molar-refractivity contribution in [3.8, 4) is 0 Å². The normalized spacial score (nSPS) is 10.7. The fourth-order valence-electron chi connectivity index (χ4n) is 2.90. The minimum Gasteiger partial charge on any atom is -0.478 e. The van der Waals surface area contributed by atoms with Crippen LogP contribution in [0.1, 0.15) is 99.7 Å².